The minimum Gasteiger partial charge on any atom is -0.348 e. The molecule has 2 aromatic heterocycles. The first kappa shape index (κ1) is 18.8. The molecule has 0 saturated carbocycles. The van der Waals surface area contributed by atoms with Crippen molar-refractivity contribution >= 4 is 5.91 Å². The highest BCUT2D eigenvalue weighted by Crippen LogP contribution is 2.20. The number of amides is 1. The van der Waals surface area contributed by atoms with E-state index >= 15 is 0 Å². The topological polar surface area (TPSA) is 72.7 Å². The summed E-state index contributed by atoms with van der Waals surface area (Å²) in [5, 5.41) is 7.48. The molecule has 2 heterocycles. The molecular weight excluding hydrogens is 338 g/mol. The second-order valence-electron chi connectivity index (χ2n) is 7.01. The minimum atomic E-state index is -0.0948. The van der Waals surface area contributed by atoms with Gasteiger partial charge in [0.1, 0.15) is 0 Å². The quantitative estimate of drug-likeness (QED) is 0.754. The molecule has 0 fully saturated rings. The van der Waals surface area contributed by atoms with Crippen LogP contribution in [-0.2, 0) is 6.54 Å². The molecule has 6 nitrogen and oxygen atoms in total. The summed E-state index contributed by atoms with van der Waals surface area (Å²) >= 11 is 0. The van der Waals surface area contributed by atoms with Crippen molar-refractivity contribution in [2.24, 2.45) is 0 Å². The van der Waals surface area contributed by atoms with Crippen molar-refractivity contribution < 1.29 is 4.79 Å². The Kier molecular flexibility index (Phi) is 5.35. The van der Waals surface area contributed by atoms with Gasteiger partial charge in [-0.1, -0.05) is 12.1 Å². The van der Waals surface area contributed by atoms with Crippen LogP contribution >= 0.6 is 0 Å². The zero-order valence-corrected chi connectivity index (χ0v) is 16.4. The number of benzene rings is 1. The molecule has 0 radical (unpaired) electrons. The van der Waals surface area contributed by atoms with Gasteiger partial charge in [0.15, 0.2) is 0 Å². The van der Waals surface area contributed by atoms with E-state index in [2.05, 4.69) is 20.4 Å². The molecule has 0 aliphatic carbocycles. The summed E-state index contributed by atoms with van der Waals surface area (Å²) in [6.45, 7) is 10.5. The molecule has 0 unspecified atom stereocenters. The fourth-order valence-electron chi connectivity index (χ4n) is 3.06. The van der Waals surface area contributed by atoms with Gasteiger partial charge in [0.2, 0.25) is 0 Å². The molecule has 1 aromatic carbocycles. The molecule has 1 atom stereocenters. The molecule has 3 rings (SSSR count). The van der Waals surface area contributed by atoms with Crippen LogP contribution in [0.2, 0.25) is 0 Å². The van der Waals surface area contributed by atoms with Crippen molar-refractivity contribution in [2.75, 3.05) is 0 Å². The van der Waals surface area contributed by atoms with Crippen molar-refractivity contribution in [3.8, 4) is 11.3 Å². The summed E-state index contributed by atoms with van der Waals surface area (Å²) in [5.74, 6) is -0.0948. The predicted octanol–water partition coefficient (Wildman–Crippen LogP) is 3.39. The van der Waals surface area contributed by atoms with Crippen LogP contribution in [0.4, 0.5) is 0 Å². The number of aromatic nitrogens is 4. The number of nitrogens with one attached hydrogen (secondary N) is 1. The third kappa shape index (κ3) is 4.39. The average Bonchev–Trinajstić information content (AvgIpc) is 2.94. The van der Waals surface area contributed by atoms with Crippen LogP contribution in [0.15, 0.2) is 36.5 Å². The lowest BCUT2D eigenvalue weighted by atomic mass is 10.1. The highest BCUT2D eigenvalue weighted by molar-refractivity contribution is 5.94. The monoisotopic (exact) mass is 363 g/mol. The van der Waals surface area contributed by atoms with E-state index in [1.54, 1.807) is 6.20 Å². The van der Waals surface area contributed by atoms with E-state index in [1.807, 2.05) is 69.6 Å². The Morgan fingerprint density at radius 3 is 2.44 bits per heavy atom. The van der Waals surface area contributed by atoms with E-state index in [1.165, 1.54) is 0 Å². The molecule has 140 valence electrons. The summed E-state index contributed by atoms with van der Waals surface area (Å²) < 4.78 is 1.92. The van der Waals surface area contributed by atoms with Crippen LogP contribution in [0.1, 0.15) is 40.1 Å². The molecule has 0 aliphatic rings. The molecule has 3 aromatic rings. The second-order valence-corrected chi connectivity index (χ2v) is 7.01. The Morgan fingerprint density at radius 1 is 1.11 bits per heavy atom. The molecule has 6 heteroatoms. The highest BCUT2D eigenvalue weighted by atomic mass is 16.1. The first-order chi connectivity index (χ1) is 12.8. The number of hydrogen-bond donors (Lipinski definition) is 1. The van der Waals surface area contributed by atoms with Crippen LogP contribution in [0.5, 0.6) is 0 Å². The zero-order valence-electron chi connectivity index (χ0n) is 16.4. The van der Waals surface area contributed by atoms with Crippen LogP contribution in [0.3, 0.4) is 0 Å². The molecule has 27 heavy (non-hydrogen) atoms. The number of carbonyl (C=O) groups is 1. The van der Waals surface area contributed by atoms with Gasteiger partial charge in [-0.15, -0.1) is 0 Å². The Morgan fingerprint density at radius 2 is 1.81 bits per heavy atom. The minimum absolute atomic E-state index is 0.0277. The van der Waals surface area contributed by atoms with Crippen molar-refractivity contribution in [3.63, 3.8) is 0 Å². The Balaban J connectivity index is 1.68. The maximum absolute atomic E-state index is 12.5. The lowest BCUT2D eigenvalue weighted by Crippen LogP contribution is -2.36. The maximum Gasteiger partial charge on any atom is 0.251 e. The van der Waals surface area contributed by atoms with Crippen LogP contribution in [0.25, 0.3) is 11.3 Å². The summed E-state index contributed by atoms with van der Waals surface area (Å²) in [5.41, 5.74) is 6.24. The van der Waals surface area contributed by atoms with E-state index in [0.29, 0.717) is 12.1 Å². The number of hydrogen-bond acceptors (Lipinski definition) is 4. The molecule has 0 bridgehead atoms. The van der Waals surface area contributed by atoms with E-state index in [0.717, 1.165) is 34.0 Å². The number of nitrogens with zero attached hydrogens (tertiary/aromatic N) is 4. The number of rotatable bonds is 5. The van der Waals surface area contributed by atoms with Gasteiger partial charge in [0.05, 0.1) is 29.3 Å². The van der Waals surface area contributed by atoms with E-state index in [9.17, 15) is 4.79 Å². The lowest BCUT2D eigenvalue weighted by molar-refractivity contribution is 0.0936. The first-order valence-corrected chi connectivity index (χ1v) is 9.06. The fourth-order valence-corrected chi connectivity index (χ4v) is 3.06. The third-order valence-corrected chi connectivity index (χ3v) is 4.42. The third-order valence-electron chi connectivity index (χ3n) is 4.42. The predicted molar refractivity (Wildman–Crippen MR) is 106 cm³/mol. The van der Waals surface area contributed by atoms with E-state index in [-0.39, 0.29) is 11.9 Å². The van der Waals surface area contributed by atoms with Gasteiger partial charge in [0, 0.05) is 29.1 Å². The van der Waals surface area contributed by atoms with E-state index < -0.39 is 0 Å². The SMILES string of the molecule is Cc1cnc(C)c(-c2ccc(C(=O)N[C@H](C)Cn3nc(C)cc3C)cc2)n1. The summed E-state index contributed by atoms with van der Waals surface area (Å²) in [6, 6.07) is 9.48. The zero-order chi connectivity index (χ0) is 19.6. The Labute approximate surface area is 159 Å². The van der Waals surface area contributed by atoms with Crippen LogP contribution in [0, 0.1) is 27.7 Å². The van der Waals surface area contributed by atoms with Gasteiger partial charge in [-0.05, 0) is 52.8 Å². The van der Waals surface area contributed by atoms with Crippen LogP contribution in [-0.4, -0.2) is 31.7 Å². The van der Waals surface area contributed by atoms with Gasteiger partial charge in [0.25, 0.3) is 5.91 Å². The lowest BCUT2D eigenvalue weighted by Gasteiger charge is -2.15. The number of carbonyl (C=O) groups excluding carboxylic acids is 1. The molecular formula is C21H25N5O. The van der Waals surface area contributed by atoms with Crippen molar-refractivity contribution in [2.45, 2.75) is 47.2 Å². The summed E-state index contributed by atoms with van der Waals surface area (Å²) in [4.78, 5) is 21.4. The van der Waals surface area contributed by atoms with Crippen molar-refractivity contribution in [3.05, 3.63) is 64.9 Å². The molecule has 0 spiro atoms. The van der Waals surface area contributed by atoms with Gasteiger partial charge < -0.3 is 5.32 Å². The van der Waals surface area contributed by atoms with Crippen molar-refractivity contribution in [1.82, 2.24) is 25.1 Å². The average molecular weight is 363 g/mol. The standard InChI is InChI=1S/C21H25N5O/c1-13-10-16(4)26(25-13)12-15(3)24-21(27)19-8-6-18(7-9-19)20-17(5)22-11-14(2)23-20/h6-11,15H,12H2,1-5H3,(H,24,27)/t15-/m1/s1. The molecule has 1 N–H and O–H groups in total. The normalized spacial score (nSPS) is 12.0. The van der Waals surface area contributed by atoms with Gasteiger partial charge >= 0.3 is 0 Å². The highest BCUT2D eigenvalue weighted by Gasteiger charge is 2.13. The van der Waals surface area contributed by atoms with Gasteiger partial charge in [-0.25, -0.2) is 4.98 Å². The number of aryl methyl sites for hydroxylation is 4. The fraction of sp³-hybridized carbons (Fsp3) is 0.333. The van der Waals surface area contributed by atoms with Gasteiger partial charge in [-0.2, -0.15) is 5.10 Å². The molecule has 1 amide bonds. The van der Waals surface area contributed by atoms with E-state index in [4.69, 9.17) is 0 Å². The Bertz CT molecular complexity index is 959. The van der Waals surface area contributed by atoms with Crippen molar-refractivity contribution in [1.29, 1.82) is 0 Å². The largest absolute Gasteiger partial charge is 0.348 e. The van der Waals surface area contributed by atoms with Crippen LogP contribution < -0.4 is 5.32 Å². The summed E-state index contributed by atoms with van der Waals surface area (Å²) in [6.07, 6.45) is 1.75. The first-order valence-electron chi connectivity index (χ1n) is 9.06. The Hall–Kier alpha value is -3.02. The molecule has 0 saturated heterocycles. The summed E-state index contributed by atoms with van der Waals surface area (Å²) in [7, 11) is 0. The maximum atomic E-state index is 12.5. The van der Waals surface area contributed by atoms with Gasteiger partial charge in [-0.3, -0.25) is 14.5 Å². The second kappa shape index (κ2) is 7.70. The molecule has 0 aliphatic heterocycles. The smallest absolute Gasteiger partial charge is 0.251 e.